The molecule has 3 rings (SSSR count). The van der Waals surface area contributed by atoms with E-state index in [1.165, 1.54) is 0 Å². The van der Waals surface area contributed by atoms with Gasteiger partial charge in [-0.15, -0.1) is 0 Å². The third kappa shape index (κ3) is 1.71. The van der Waals surface area contributed by atoms with E-state index in [0.717, 1.165) is 47.6 Å². The average molecular weight is 266 g/mol. The number of H-pyrrole nitrogens is 1. The third-order valence-electron chi connectivity index (χ3n) is 3.72. The number of aromatic amines is 1. The van der Waals surface area contributed by atoms with Crippen molar-refractivity contribution in [1.82, 2.24) is 19.3 Å². The van der Waals surface area contributed by atoms with Gasteiger partial charge in [0.2, 0.25) is 0 Å². The van der Waals surface area contributed by atoms with Crippen LogP contribution in [0.2, 0.25) is 0 Å². The van der Waals surface area contributed by atoms with Gasteiger partial charge in [0.25, 0.3) is 0 Å². The Morgan fingerprint density at radius 1 is 1.56 bits per heavy atom. The molecule has 1 saturated heterocycles. The van der Waals surface area contributed by atoms with E-state index < -0.39 is 0 Å². The predicted molar refractivity (Wildman–Crippen MR) is 72.2 cm³/mol. The normalized spacial score (nSPS) is 24.2. The number of aromatic nitrogens is 4. The zero-order chi connectivity index (χ0) is 12.9. The number of nitrogens with zero attached hydrogens (tertiary/aromatic N) is 3. The van der Waals surface area contributed by atoms with E-state index in [-0.39, 0.29) is 5.60 Å². The molecule has 5 nitrogen and oxygen atoms in total. The SMILES string of the molecule is Cc1nn(C)c2c1[nH]c(=S)n2CC1(C)CCCO1. The molecule has 0 bridgehead atoms. The summed E-state index contributed by atoms with van der Waals surface area (Å²) in [4.78, 5) is 3.25. The Labute approximate surface area is 111 Å². The lowest BCUT2D eigenvalue weighted by Gasteiger charge is -2.23. The summed E-state index contributed by atoms with van der Waals surface area (Å²) < 4.78 is 10.6. The van der Waals surface area contributed by atoms with Crippen LogP contribution in [0.1, 0.15) is 25.5 Å². The molecule has 0 amide bonds. The molecule has 2 aromatic rings. The summed E-state index contributed by atoms with van der Waals surface area (Å²) in [5, 5.41) is 4.43. The van der Waals surface area contributed by atoms with Crippen molar-refractivity contribution in [3.8, 4) is 0 Å². The van der Waals surface area contributed by atoms with Crippen LogP contribution in [0.3, 0.4) is 0 Å². The summed E-state index contributed by atoms with van der Waals surface area (Å²) in [7, 11) is 1.95. The number of aryl methyl sites for hydroxylation is 2. The van der Waals surface area contributed by atoms with Crippen molar-refractivity contribution in [3.63, 3.8) is 0 Å². The molecule has 1 unspecified atom stereocenters. The summed E-state index contributed by atoms with van der Waals surface area (Å²) in [6, 6.07) is 0. The van der Waals surface area contributed by atoms with Crippen LogP contribution >= 0.6 is 12.2 Å². The molecule has 0 saturated carbocycles. The van der Waals surface area contributed by atoms with E-state index in [0.29, 0.717) is 0 Å². The molecule has 18 heavy (non-hydrogen) atoms. The van der Waals surface area contributed by atoms with Gasteiger partial charge in [0.1, 0.15) is 5.52 Å². The first-order valence-electron chi connectivity index (χ1n) is 6.26. The fourth-order valence-corrected chi connectivity index (χ4v) is 3.07. The van der Waals surface area contributed by atoms with E-state index in [1.807, 2.05) is 18.7 Å². The summed E-state index contributed by atoms with van der Waals surface area (Å²) in [6.45, 7) is 5.78. The van der Waals surface area contributed by atoms with Gasteiger partial charge in [-0.1, -0.05) is 0 Å². The summed E-state index contributed by atoms with van der Waals surface area (Å²) >= 11 is 5.42. The van der Waals surface area contributed by atoms with Crippen molar-refractivity contribution in [1.29, 1.82) is 0 Å². The van der Waals surface area contributed by atoms with Crippen LogP contribution in [0.5, 0.6) is 0 Å². The number of ether oxygens (including phenoxy) is 1. The second-order valence-electron chi connectivity index (χ2n) is 5.33. The molecular formula is C12H18N4OS. The lowest BCUT2D eigenvalue weighted by molar-refractivity contribution is 0.00658. The first kappa shape index (κ1) is 11.9. The standard InChI is InChI=1S/C12H18N4OS/c1-8-9-10(15(3)14-8)16(11(18)13-9)7-12(2)5-4-6-17-12/h4-7H2,1-3H3,(H,13,18). The number of fused-ring (bicyclic) bond motifs is 1. The van der Waals surface area contributed by atoms with Gasteiger partial charge in [-0.05, 0) is 38.9 Å². The van der Waals surface area contributed by atoms with Crippen molar-refractivity contribution in [3.05, 3.63) is 10.5 Å². The molecular weight excluding hydrogens is 248 g/mol. The lowest BCUT2D eigenvalue weighted by Crippen LogP contribution is -2.29. The molecule has 0 aliphatic carbocycles. The number of imidazole rings is 1. The Kier molecular flexibility index (Phi) is 2.60. The van der Waals surface area contributed by atoms with E-state index in [1.54, 1.807) is 0 Å². The minimum absolute atomic E-state index is 0.106. The van der Waals surface area contributed by atoms with Gasteiger partial charge < -0.3 is 9.72 Å². The number of nitrogens with one attached hydrogen (secondary N) is 1. The quantitative estimate of drug-likeness (QED) is 0.849. The lowest BCUT2D eigenvalue weighted by atomic mass is 10.0. The topological polar surface area (TPSA) is 47.8 Å². The number of hydrogen-bond acceptors (Lipinski definition) is 3. The third-order valence-corrected chi connectivity index (χ3v) is 4.04. The van der Waals surface area contributed by atoms with Crippen LogP contribution in [-0.2, 0) is 18.3 Å². The minimum atomic E-state index is -0.106. The van der Waals surface area contributed by atoms with Crippen LogP contribution in [0.15, 0.2) is 0 Å². The van der Waals surface area contributed by atoms with Crippen molar-refractivity contribution < 1.29 is 4.74 Å². The highest BCUT2D eigenvalue weighted by Gasteiger charge is 2.31. The van der Waals surface area contributed by atoms with Gasteiger partial charge in [0.15, 0.2) is 10.4 Å². The van der Waals surface area contributed by atoms with E-state index in [4.69, 9.17) is 17.0 Å². The maximum Gasteiger partial charge on any atom is 0.179 e. The first-order chi connectivity index (χ1) is 8.50. The minimum Gasteiger partial charge on any atom is -0.373 e. The Balaban J connectivity index is 2.11. The van der Waals surface area contributed by atoms with Crippen molar-refractivity contribution >= 4 is 23.4 Å². The molecule has 2 aromatic heterocycles. The van der Waals surface area contributed by atoms with Crippen molar-refractivity contribution in [2.24, 2.45) is 7.05 Å². The highest BCUT2D eigenvalue weighted by Crippen LogP contribution is 2.28. The number of rotatable bonds is 2. The van der Waals surface area contributed by atoms with E-state index in [2.05, 4.69) is 21.6 Å². The van der Waals surface area contributed by atoms with Gasteiger partial charge in [-0.2, -0.15) is 5.10 Å². The fourth-order valence-electron chi connectivity index (χ4n) is 2.82. The highest BCUT2D eigenvalue weighted by atomic mass is 32.1. The Hall–Kier alpha value is -1.14. The molecule has 0 aromatic carbocycles. The second-order valence-corrected chi connectivity index (χ2v) is 5.71. The molecule has 3 heterocycles. The summed E-state index contributed by atoms with van der Waals surface area (Å²) in [5.74, 6) is 0. The largest absolute Gasteiger partial charge is 0.373 e. The Morgan fingerprint density at radius 2 is 2.33 bits per heavy atom. The van der Waals surface area contributed by atoms with Crippen LogP contribution in [0.4, 0.5) is 0 Å². The maximum atomic E-state index is 5.85. The predicted octanol–water partition coefficient (Wildman–Crippen LogP) is 2.31. The molecule has 6 heteroatoms. The fraction of sp³-hybridized carbons (Fsp3) is 0.667. The zero-order valence-corrected chi connectivity index (χ0v) is 11.8. The van der Waals surface area contributed by atoms with Gasteiger partial charge in [-0.3, -0.25) is 9.25 Å². The van der Waals surface area contributed by atoms with Gasteiger partial charge in [-0.25, -0.2) is 0 Å². The van der Waals surface area contributed by atoms with Crippen molar-refractivity contribution in [2.75, 3.05) is 6.61 Å². The molecule has 1 atom stereocenters. The maximum absolute atomic E-state index is 5.85. The number of hydrogen-bond donors (Lipinski definition) is 1. The second kappa shape index (κ2) is 3.93. The van der Waals surface area contributed by atoms with E-state index in [9.17, 15) is 0 Å². The molecule has 1 aliphatic heterocycles. The Morgan fingerprint density at radius 3 is 3.00 bits per heavy atom. The van der Waals surface area contributed by atoms with Gasteiger partial charge in [0.05, 0.1) is 17.8 Å². The van der Waals surface area contributed by atoms with E-state index >= 15 is 0 Å². The van der Waals surface area contributed by atoms with Crippen LogP contribution in [-0.4, -0.2) is 31.5 Å². The van der Waals surface area contributed by atoms with Crippen molar-refractivity contribution in [2.45, 2.75) is 38.8 Å². The van der Waals surface area contributed by atoms with Crippen LogP contribution in [0, 0.1) is 11.7 Å². The van der Waals surface area contributed by atoms with Crippen LogP contribution < -0.4 is 0 Å². The molecule has 1 fully saturated rings. The molecule has 1 aliphatic rings. The Bertz CT molecular complexity index is 645. The molecule has 0 radical (unpaired) electrons. The summed E-state index contributed by atoms with van der Waals surface area (Å²) in [5.41, 5.74) is 2.96. The van der Waals surface area contributed by atoms with Crippen LogP contribution in [0.25, 0.3) is 11.2 Å². The zero-order valence-electron chi connectivity index (χ0n) is 11.0. The molecule has 0 spiro atoms. The van der Waals surface area contributed by atoms with Gasteiger partial charge >= 0.3 is 0 Å². The summed E-state index contributed by atoms with van der Waals surface area (Å²) in [6.07, 6.45) is 2.21. The highest BCUT2D eigenvalue weighted by molar-refractivity contribution is 7.71. The molecule has 98 valence electrons. The van der Waals surface area contributed by atoms with Gasteiger partial charge in [0, 0.05) is 13.7 Å². The smallest absolute Gasteiger partial charge is 0.179 e. The first-order valence-corrected chi connectivity index (χ1v) is 6.67. The average Bonchev–Trinajstić information content (AvgIpc) is 2.91. The monoisotopic (exact) mass is 266 g/mol. The molecule has 1 N–H and O–H groups in total.